The van der Waals surface area contributed by atoms with E-state index in [1.54, 1.807) is 6.08 Å². The average molecular weight is 421 g/mol. The standard InChI is InChI=1S/C22H35F3O4/c1-3-4-11-21(2,22(23,24)25)12-10-18(29-20-7-5-6-13-27-20)15-8-9-17-16(15)14-19(26)28-17/h10,15-17,19-20,26H,3-9,11-14H2,1-2H3/t15-,16+,17+,19?,20?,21?/m0/s1. The molecule has 3 aliphatic rings. The molecule has 0 aromatic heterocycles. The summed E-state index contributed by atoms with van der Waals surface area (Å²) >= 11 is 0. The number of rotatable bonds is 8. The fourth-order valence-corrected chi connectivity index (χ4v) is 4.85. The van der Waals surface area contributed by atoms with Crippen LogP contribution >= 0.6 is 0 Å². The number of unbranched alkanes of at least 4 members (excludes halogenated alkanes) is 1. The van der Waals surface area contributed by atoms with E-state index in [9.17, 15) is 18.3 Å². The predicted molar refractivity (Wildman–Crippen MR) is 103 cm³/mol. The maximum Gasteiger partial charge on any atom is 0.394 e. The Morgan fingerprint density at radius 1 is 1.21 bits per heavy atom. The van der Waals surface area contributed by atoms with Crippen molar-refractivity contribution in [2.75, 3.05) is 6.61 Å². The molecule has 7 heteroatoms. The van der Waals surface area contributed by atoms with E-state index in [4.69, 9.17) is 14.2 Å². The number of aliphatic hydroxyl groups excluding tert-OH is 1. The van der Waals surface area contributed by atoms with E-state index in [-0.39, 0.29) is 30.8 Å². The summed E-state index contributed by atoms with van der Waals surface area (Å²) in [7, 11) is 0. The third-order valence-corrected chi connectivity index (χ3v) is 6.85. The van der Waals surface area contributed by atoms with Gasteiger partial charge in [-0.3, -0.25) is 0 Å². The van der Waals surface area contributed by atoms with Crippen LogP contribution in [0.2, 0.25) is 0 Å². The number of hydrogen-bond acceptors (Lipinski definition) is 4. The molecule has 0 amide bonds. The minimum atomic E-state index is -4.27. The topological polar surface area (TPSA) is 47.9 Å². The largest absolute Gasteiger partial charge is 0.469 e. The Balaban J connectivity index is 1.79. The molecule has 0 spiro atoms. The Hall–Kier alpha value is -0.790. The minimum Gasteiger partial charge on any atom is -0.469 e. The van der Waals surface area contributed by atoms with Gasteiger partial charge in [0.05, 0.1) is 23.9 Å². The molecular formula is C22H35F3O4. The summed E-state index contributed by atoms with van der Waals surface area (Å²) in [6, 6.07) is 0. The summed E-state index contributed by atoms with van der Waals surface area (Å²) in [5.41, 5.74) is -1.77. The van der Waals surface area contributed by atoms with E-state index in [1.165, 1.54) is 6.92 Å². The fourth-order valence-electron chi connectivity index (χ4n) is 4.85. The molecule has 0 aromatic rings. The SMILES string of the molecule is CCCCC(C)(CC=C(OC1CCCCO1)[C@H]1CC[C@H]2OC(O)C[C@H]12)C(F)(F)F. The molecule has 1 N–H and O–H groups in total. The van der Waals surface area contributed by atoms with Gasteiger partial charge in [-0.05, 0) is 50.5 Å². The van der Waals surface area contributed by atoms with E-state index >= 15 is 0 Å². The molecule has 4 nitrogen and oxygen atoms in total. The molecule has 3 fully saturated rings. The van der Waals surface area contributed by atoms with E-state index in [2.05, 4.69) is 0 Å². The van der Waals surface area contributed by atoms with Gasteiger partial charge >= 0.3 is 6.18 Å². The molecule has 1 saturated carbocycles. The van der Waals surface area contributed by atoms with Gasteiger partial charge in [0.15, 0.2) is 12.6 Å². The van der Waals surface area contributed by atoms with Gasteiger partial charge in [0.1, 0.15) is 0 Å². The Kier molecular flexibility index (Phi) is 7.55. The minimum absolute atomic E-state index is 0.0219. The molecule has 2 aliphatic heterocycles. The van der Waals surface area contributed by atoms with Crippen LogP contribution in [-0.2, 0) is 14.2 Å². The van der Waals surface area contributed by atoms with Gasteiger partial charge in [0.25, 0.3) is 0 Å². The molecule has 0 aromatic carbocycles. The van der Waals surface area contributed by atoms with E-state index in [0.717, 1.165) is 38.5 Å². The van der Waals surface area contributed by atoms with Crippen molar-refractivity contribution in [2.45, 2.75) is 103 Å². The number of fused-ring (bicyclic) bond motifs is 1. The van der Waals surface area contributed by atoms with Crippen LogP contribution in [-0.4, -0.2) is 36.6 Å². The van der Waals surface area contributed by atoms with Gasteiger partial charge in [0, 0.05) is 18.8 Å². The molecule has 6 atom stereocenters. The van der Waals surface area contributed by atoms with Gasteiger partial charge in [0.2, 0.25) is 0 Å². The molecule has 2 heterocycles. The average Bonchev–Trinajstić information content (AvgIpc) is 3.22. The van der Waals surface area contributed by atoms with Gasteiger partial charge in [-0.25, -0.2) is 0 Å². The lowest BCUT2D eigenvalue weighted by Gasteiger charge is -2.33. The van der Waals surface area contributed by atoms with Crippen molar-refractivity contribution in [1.29, 1.82) is 0 Å². The molecule has 3 unspecified atom stereocenters. The molecule has 1 aliphatic carbocycles. The van der Waals surface area contributed by atoms with Crippen LogP contribution in [0.1, 0.15) is 78.1 Å². The van der Waals surface area contributed by atoms with Crippen molar-refractivity contribution in [1.82, 2.24) is 0 Å². The maximum absolute atomic E-state index is 13.8. The highest BCUT2D eigenvalue weighted by atomic mass is 19.4. The third kappa shape index (κ3) is 5.47. The monoisotopic (exact) mass is 420 g/mol. The first-order valence-corrected chi connectivity index (χ1v) is 11.1. The van der Waals surface area contributed by atoms with Crippen molar-refractivity contribution in [3.63, 3.8) is 0 Å². The van der Waals surface area contributed by atoms with E-state index in [0.29, 0.717) is 25.2 Å². The smallest absolute Gasteiger partial charge is 0.394 e. The van der Waals surface area contributed by atoms with Crippen LogP contribution in [0.5, 0.6) is 0 Å². The number of ether oxygens (including phenoxy) is 3. The second-order valence-corrected chi connectivity index (χ2v) is 9.10. The number of hydrogen-bond donors (Lipinski definition) is 1. The molecule has 168 valence electrons. The summed E-state index contributed by atoms with van der Waals surface area (Å²) in [6.45, 7) is 3.84. The summed E-state index contributed by atoms with van der Waals surface area (Å²) in [6.07, 6.45) is 2.29. The second-order valence-electron chi connectivity index (χ2n) is 9.10. The summed E-state index contributed by atoms with van der Waals surface area (Å²) in [4.78, 5) is 0. The van der Waals surface area contributed by atoms with Crippen LogP contribution in [0.25, 0.3) is 0 Å². The zero-order valence-electron chi connectivity index (χ0n) is 17.5. The number of alkyl halides is 3. The maximum atomic E-state index is 13.8. The van der Waals surface area contributed by atoms with Gasteiger partial charge in [-0.1, -0.05) is 26.7 Å². The summed E-state index contributed by atoms with van der Waals surface area (Å²) < 4.78 is 58.9. The molecule has 0 bridgehead atoms. The van der Waals surface area contributed by atoms with E-state index < -0.39 is 24.2 Å². The van der Waals surface area contributed by atoms with Crippen molar-refractivity contribution in [2.24, 2.45) is 17.3 Å². The van der Waals surface area contributed by atoms with Gasteiger partial charge < -0.3 is 19.3 Å². The van der Waals surface area contributed by atoms with Crippen molar-refractivity contribution >= 4 is 0 Å². The van der Waals surface area contributed by atoms with Gasteiger partial charge in [-0.15, -0.1) is 0 Å². The Morgan fingerprint density at radius 2 is 2.00 bits per heavy atom. The summed E-state index contributed by atoms with van der Waals surface area (Å²) in [5.74, 6) is 0.674. The summed E-state index contributed by atoms with van der Waals surface area (Å²) in [5, 5.41) is 9.86. The highest BCUT2D eigenvalue weighted by Gasteiger charge is 2.50. The highest BCUT2D eigenvalue weighted by Crippen LogP contribution is 2.49. The first-order valence-electron chi connectivity index (χ1n) is 11.1. The molecule has 3 rings (SSSR count). The first kappa shape index (κ1) is 22.9. The predicted octanol–water partition coefficient (Wildman–Crippen LogP) is 5.70. The van der Waals surface area contributed by atoms with Crippen LogP contribution in [0.15, 0.2) is 11.8 Å². The van der Waals surface area contributed by atoms with Gasteiger partial charge in [-0.2, -0.15) is 13.2 Å². The van der Waals surface area contributed by atoms with E-state index in [1.807, 2.05) is 6.92 Å². The highest BCUT2D eigenvalue weighted by molar-refractivity contribution is 5.09. The number of aliphatic hydroxyl groups is 1. The zero-order valence-corrected chi connectivity index (χ0v) is 17.5. The van der Waals surface area contributed by atoms with Crippen molar-refractivity contribution < 1.29 is 32.5 Å². The normalized spacial score (nSPS) is 35.4. The molecule has 0 radical (unpaired) electrons. The first-order chi connectivity index (χ1) is 13.7. The lowest BCUT2D eigenvalue weighted by molar-refractivity contribution is -0.220. The molecule has 29 heavy (non-hydrogen) atoms. The second kappa shape index (κ2) is 9.56. The lowest BCUT2D eigenvalue weighted by atomic mass is 9.80. The number of halogens is 3. The van der Waals surface area contributed by atoms with Crippen LogP contribution in [0.3, 0.4) is 0 Å². The fraction of sp³-hybridized carbons (Fsp3) is 0.909. The van der Waals surface area contributed by atoms with Crippen molar-refractivity contribution in [3.05, 3.63) is 11.8 Å². The number of allylic oxidation sites excluding steroid dienone is 2. The quantitative estimate of drug-likeness (QED) is 0.512. The van der Waals surface area contributed by atoms with Crippen LogP contribution in [0, 0.1) is 17.3 Å². The van der Waals surface area contributed by atoms with Crippen molar-refractivity contribution in [3.8, 4) is 0 Å². The Labute approximate surface area is 171 Å². The zero-order chi connectivity index (χ0) is 21.1. The molecular weight excluding hydrogens is 385 g/mol. The Bertz CT molecular complexity index is 559. The van der Waals surface area contributed by atoms with Crippen LogP contribution < -0.4 is 0 Å². The lowest BCUT2D eigenvalue weighted by Crippen LogP contribution is -2.35. The van der Waals surface area contributed by atoms with Crippen LogP contribution in [0.4, 0.5) is 13.2 Å². The third-order valence-electron chi connectivity index (χ3n) is 6.85. The molecule has 2 saturated heterocycles. The Morgan fingerprint density at radius 3 is 2.66 bits per heavy atom.